The smallest absolute Gasteiger partial charge is 0.274 e. The molecule has 0 saturated heterocycles. The van der Waals surface area contributed by atoms with Gasteiger partial charge in [-0.2, -0.15) is 0 Å². The van der Waals surface area contributed by atoms with E-state index in [9.17, 15) is 0 Å². The molecule has 1 N–H and O–H groups in total. The minimum atomic E-state index is 0.739. The molecular weight excluding hydrogens is 318 g/mol. The molecule has 2 saturated carbocycles. The quantitative estimate of drug-likeness (QED) is 0.730. The fraction of sp³-hybridized carbons (Fsp3) is 0.957. The Balaban J connectivity index is 1.47. The van der Waals surface area contributed by atoms with Crippen molar-refractivity contribution in [3.63, 3.8) is 0 Å². The summed E-state index contributed by atoms with van der Waals surface area (Å²) in [5, 5.41) is 3.89. The zero-order valence-corrected chi connectivity index (χ0v) is 17.6. The lowest BCUT2D eigenvalue weighted by Gasteiger charge is -2.31. The van der Waals surface area contributed by atoms with Gasteiger partial charge < -0.3 is 0 Å². The first-order valence-corrected chi connectivity index (χ1v) is 11.8. The third-order valence-corrected chi connectivity index (χ3v) is 7.79. The van der Waals surface area contributed by atoms with Crippen molar-refractivity contribution in [3.05, 3.63) is 0 Å². The van der Waals surface area contributed by atoms with Crippen LogP contribution in [0.1, 0.15) is 85.0 Å². The van der Waals surface area contributed by atoms with Gasteiger partial charge in [-0.25, -0.2) is 0 Å². The molecule has 26 heavy (non-hydrogen) atoms. The van der Waals surface area contributed by atoms with Crippen LogP contribution in [-0.4, -0.2) is 47.2 Å². The molecule has 2 aliphatic heterocycles. The van der Waals surface area contributed by atoms with Gasteiger partial charge >= 0.3 is 5.96 Å². The molecule has 3 heteroatoms. The molecule has 0 aromatic rings. The van der Waals surface area contributed by atoms with Gasteiger partial charge in [-0.05, 0) is 55.8 Å². The summed E-state index contributed by atoms with van der Waals surface area (Å²) in [6.07, 6.45) is 14.5. The molecule has 4 rings (SSSR count). The highest BCUT2D eigenvalue weighted by Gasteiger charge is 2.48. The molecule has 0 radical (unpaired) electrons. The summed E-state index contributed by atoms with van der Waals surface area (Å²) in [7, 11) is 0. The summed E-state index contributed by atoms with van der Waals surface area (Å²) in [5.41, 5.74) is 0. The molecule has 2 atom stereocenters. The summed E-state index contributed by atoms with van der Waals surface area (Å²) in [6, 6.07) is 1.51. The first-order chi connectivity index (χ1) is 12.6. The summed E-state index contributed by atoms with van der Waals surface area (Å²) in [4.78, 5) is 2.82. The lowest BCUT2D eigenvalue weighted by Crippen LogP contribution is -2.47. The van der Waals surface area contributed by atoms with Crippen LogP contribution >= 0.6 is 0 Å². The second-order valence-corrected chi connectivity index (χ2v) is 10.4. The third kappa shape index (κ3) is 3.92. The SMILES string of the molecule is CC(C)CC1C[N+]2=C(NCC2C2CCCCC2)N1CC1CCC(C)CC1. The minimum absolute atomic E-state index is 0.739. The summed E-state index contributed by atoms with van der Waals surface area (Å²) < 4.78 is 2.81. The van der Waals surface area contributed by atoms with Crippen LogP contribution in [-0.2, 0) is 0 Å². The van der Waals surface area contributed by atoms with Gasteiger partial charge in [0.2, 0.25) is 0 Å². The van der Waals surface area contributed by atoms with Gasteiger partial charge in [0.15, 0.2) is 0 Å². The molecule has 0 aromatic carbocycles. The van der Waals surface area contributed by atoms with Gasteiger partial charge in [0.25, 0.3) is 0 Å². The van der Waals surface area contributed by atoms with Gasteiger partial charge in [0.05, 0.1) is 13.1 Å². The summed E-state index contributed by atoms with van der Waals surface area (Å²) in [5.74, 6) is 5.13. The molecule has 2 fully saturated rings. The Kier molecular flexibility index (Phi) is 5.81. The standard InChI is InChI=1S/C23H41N3/c1-17(2)13-21-16-26-22(20-7-5-4-6-8-20)14-24-23(26)25(21)15-19-11-9-18(3)10-12-19/h17-22H,4-16H2,1-3H3/p+1. The van der Waals surface area contributed by atoms with Crippen LogP contribution in [0, 0.1) is 23.7 Å². The topological polar surface area (TPSA) is 18.3 Å². The van der Waals surface area contributed by atoms with E-state index in [4.69, 9.17) is 0 Å². The molecular formula is C23H42N3+. The van der Waals surface area contributed by atoms with Crippen LogP contribution in [0.2, 0.25) is 0 Å². The molecule has 148 valence electrons. The summed E-state index contributed by atoms with van der Waals surface area (Å²) in [6.45, 7) is 11.0. The maximum Gasteiger partial charge on any atom is 0.349 e. The van der Waals surface area contributed by atoms with Crippen molar-refractivity contribution < 1.29 is 4.58 Å². The average molecular weight is 361 g/mol. The van der Waals surface area contributed by atoms with Gasteiger partial charge in [-0.3, -0.25) is 14.8 Å². The van der Waals surface area contributed by atoms with E-state index in [2.05, 4.69) is 35.6 Å². The van der Waals surface area contributed by atoms with Crippen molar-refractivity contribution in [1.29, 1.82) is 0 Å². The summed E-state index contributed by atoms with van der Waals surface area (Å²) >= 11 is 0. The molecule has 4 aliphatic rings. The van der Waals surface area contributed by atoms with Crippen molar-refractivity contribution in [3.8, 4) is 0 Å². The van der Waals surface area contributed by atoms with Crippen LogP contribution in [0.3, 0.4) is 0 Å². The van der Waals surface area contributed by atoms with E-state index >= 15 is 0 Å². The van der Waals surface area contributed by atoms with E-state index in [-0.39, 0.29) is 0 Å². The maximum absolute atomic E-state index is 3.89. The first-order valence-electron chi connectivity index (χ1n) is 11.8. The van der Waals surface area contributed by atoms with Gasteiger partial charge in [0, 0.05) is 0 Å². The number of hydrogen-bond donors (Lipinski definition) is 1. The Labute approximate surface area is 161 Å². The monoisotopic (exact) mass is 360 g/mol. The lowest BCUT2D eigenvalue weighted by atomic mass is 9.82. The molecule has 0 spiro atoms. The van der Waals surface area contributed by atoms with Gasteiger partial charge in [-0.15, -0.1) is 0 Å². The lowest BCUT2D eigenvalue weighted by molar-refractivity contribution is -0.559. The normalized spacial score (nSPS) is 35.9. The highest BCUT2D eigenvalue weighted by Crippen LogP contribution is 2.34. The number of rotatable bonds is 5. The Morgan fingerprint density at radius 2 is 1.77 bits per heavy atom. The largest absolute Gasteiger partial charge is 0.349 e. The van der Waals surface area contributed by atoms with Crippen molar-refractivity contribution in [1.82, 2.24) is 10.2 Å². The first kappa shape index (κ1) is 18.6. The average Bonchev–Trinajstić information content (AvgIpc) is 3.17. The van der Waals surface area contributed by atoms with E-state index in [0.29, 0.717) is 0 Å². The molecule has 0 amide bonds. The van der Waals surface area contributed by atoms with Crippen LogP contribution in [0.15, 0.2) is 0 Å². The number of nitrogens with zero attached hydrogens (tertiary/aromatic N) is 2. The third-order valence-electron chi connectivity index (χ3n) is 7.79. The highest BCUT2D eigenvalue weighted by atomic mass is 15.4. The van der Waals surface area contributed by atoms with E-state index in [1.165, 1.54) is 89.8 Å². The Morgan fingerprint density at radius 3 is 2.46 bits per heavy atom. The van der Waals surface area contributed by atoms with E-state index < -0.39 is 0 Å². The van der Waals surface area contributed by atoms with Crippen LogP contribution < -0.4 is 5.32 Å². The number of guanidine groups is 1. The molecule has 0 aromatic heterocycles. The second-order valence-electron chi connectivity index (χ2n) is 10.4. The maximum atomic E-state index is 3.89. The molecule has 2 heterocycles. The predicted molar refractivity (Wildman–Crippen MR) is 110 cm³/mol. The highest BCUT2D eigenvalue weighted by molar-refractivity contribution is 5.78. The van der Waals surface area contributed by atoms with Crippen LogP contribution in [0.4, 0.5) is 0 Å². The van der Waals surface area contributed by atoms with E-state index in [1.54, 1.807) is 0 Å². The molecule has 2 unspecified atom stereocenters. The minimum Gasteiger partial charge on any atom is -0.274 e. The van der Waals surface area contributed by atoms with E-state index in [1.807, 2.05) is 0 Å². The fourth-order valence-corrected chi connectivity index (χ4v) is 6.26. The number of nitrogens with one attached hydrogen (secondary N) is 1. The zero-order valence-electron chi connectivity index (χ0n) is 17.6. The van der Waals surface area contributed by atoms with Gasteiger partial charge in [-0.1, -0.05) is 52.9 Å². The van der Waals surface area contributed by atoms with Crippen molar-refractivity contribution in [2.75, 3.05) is 19.6 Å². The number of hydrogen-bond acceptors (Lipinski definition) is 2. The van der Waals surface area contributed by atoms with Crippen molar-refractivity contribution in [2.24, 2.45) is 23.7 Å². The molecule has 0 bridgehead atoms. The molecule has 3 nitrogen and oxygen atoms in total. The van der Waals surface area contributed by atoms with Crippen LogP contribution in [0.5, 0.6) is 0 Å². The Morgan fingerprint density at radius 1 is 1.04 bits per heavy atom. The van der Waals surface area contributed by atoms with Crippen molar-refractivity contribution >= 4 is 5.96 Å². The van der Waals surface area contributed by atoms with Crippen LogP contribution in [0.25, 0.3) is 0 Å². The van der Waals surface area contributed by atoms with Gasteiger partial charge in [0.1, 0.15) is 18.6 Å². The predicted octanol–water partition coefficient (Wildman–Crippen LogP) is 4.46. The van der Waals surface area contributed by atoms with E-state index in [0.717, 1.165) is 35.8 Å². The van der Waals surface area contributed by atoms with Crippen molar-refractivity contribution in [2.45, 2.75) is 97.1 Å². The Bertz CT molecular complexity index is 498. The fourth-order valence-electron chi connectivity index (χ4n) is 6.26. The Hall–Kier alpha value is -0.730. The zero-order chi connectivity index (χ0) is 18.1. The molecule has 2 aliphatic carbocycles. The second kappa shape index (κ2) is 8.10.